The van der Waals surface area contributed by atoms with E-state index in [-0.39, 0.29) is 23.8 Å². The average Bonchev–Trinajstić information content (AvgIpc) is 2.30. The molecule has 1 unspecified atom stereocenters. The van der Waals surface area contributed by atoms with E-state index in [1.165, 1.54) is 0 Å². The molecule has 0 saturated carbocycles. The molecule has 0 spiro atoms. The Balaban J connectivity index is 2.20. The Bertz CT molecular complexity index is 209. The number of rotatable bonds is 3. The van der Waals surface area contributed by atoms with Gasteiger partial charge in [-0.15, -0.1) is 0 Å². The molecular formula is C9H17BO4. The molecule has 4 atom stereocenters. The van der Waals surface area contributed by atoms with Crippen molar-refractivity contribution in [2.24, 2.45) is 0 Å². The predicted octanol–water partition coefficient (Wildman–Crippen LogP) is -0.835. The van der Waals surface area contributed by atoms with Crippen molar-refractivity contribution < 1.29 is 18.9 Å². The summed E-state index contributed by atoms with van der Waals surface area (Å²) < 4.78 is 22.3. The molecule has 0 aromatic heterocycles. The summed E-state index contributed by atoms with van der Waals surface area (Å²) in [6, 6.07) is 0.0950. The summed E-state index contributed by atoms with van der Waals surface area (Å²) in [7, 11) is 5.43. The van der Waals surface area contributed by atoms with Gasteiger partial charge in [0, 0.05) is 20.6 Å². The number of fused-ring (bicyclic) bond motifs is 2. The van der Waals surface area contributed by atoms with Crippen molar-refractivity contribution in [3.05, 3.63) is 0 Å². The van der Waals surface area contributed by atoms with E-state index >= 15 is 0 Å². The lowest BCUT2D eigenvalue weighted by Crippen LogP contribution is -2.52. The third-order valence-electron chi connectivity index (χ3n) is 3.18. The lowest BCUT2D eigenvalue weighted by Gasteiger charge is -2.37. The second-order valence-electron chi connectivity index (χ2n) is 4.06. The largest absolute Gasteiger partial charge is 0.382 e. The monoisotopic (exact) mass is 200 g/mol. The summed E-state index contributed by atoms with van der Waals surface area (Å²) in [5.74, 6) is 0. The van der Waals surface area contributed by atoms with Crippen molar-refractivity contribution in [2.75, 3.05) is 27.4 Å². The normalized spacial score (nSPS) is 46.9. The van der Waals surface area contributed by atoms with Gasteiger partial charge in [-0.05, 0) is 0 Å². The minimum absolute atomic E-state index is 0.00574. The van der Waals surface area contributed by atoms with Gasteiger partial charge in [0.25, 0.3) is 0 Å². The standard InChI is InChI=1S/C9H17BO4/c1-11-5-9-3-4-13-6(7(9)12-2)8(10)14-9/h6-8H,3-5,10H2,1-2H3/t6-,7?,8+,9-/m0/s1. The molecule has 5 heteroatoms. The lowest BCUT2D eigenvalue weighted by atomic mass is 9.86. The van der Waals surface area contributed by atoms with E-state index in [1.807, 2.05) is 7.85 Å². The Labute approximate surface area is 85.3 Å². The van der Waals surface area contributed by atoms with Gasteiger partial charge in [-0.3, -0.25) is 0 Å². The summed E-state index contributed by atoms with van der Waals surface area (Å²) in [5.41, 5.74) is -0.286. The Kier molecular flexibility index (Phi) is 2.84. The summed E-state index contributed by atoms with van der Waals surface area (Å²) in [4.78, 5) is 0. The molecule has 2 bridgehead atoms. The zero-order valence-electron chi connectivity index (χ0n) is 8.99. The molecule has 0 aliphatic carbocycles. The van der Waals surface area contributed by atoms with Crippen LogP contribution in [0.25, 0.3) is 0 Å². The van der Waals surface area contributed by atoms with Gasteiger partial charge in [0.15, 0.2) is 0 Å². The SMILES string of the molecule is B[C@@H]1O[C@]2(COC)CCO[C@H]1C2OC. The van der Waals surface area contributed by atoms with Crippen LogP contribution < -0.4 is 0 Å². The van der Waals surface area contributed by atoms with Gasteiger partial charge in [-0.2, -0.15) is 0 Å². The number of hydrogen-bond acceptors (Lipinski definition) is 4. The van der Waals surface area contributed by atoms with E-state index in [4.69, 9.17) is 18.9 Å². The second-order valence-corrected chi connectivity index (χ2v) is 4.06. The zero-order chi connectivity index (χ0) is 10.2. The maximum Gasteiger partial charge on any atom is 0.142 e. The van der Waals surface area contributed by atoms with Gasteiger partial charge in [0.2, 0.25) is 0 Å². The fraction of sp³-hybridized carbons (Fsp3) is 1.00. The number of methoxy groups -OCH3 is 2. The quantitative estimate of drug-likeness (QED) is 0.557. The van der Waals surface area contributed by atoms with E-state index in [0.29, 0.717) is 6.61 Å². The van der Waals surface area contributed by atoms with Crippen molar-refractivity contribution in [3.63, 3.8) is 0 Å². The summed E-state index contributed by atoms with van der Waals surface area (Å²) in [6.07, 6.45) is 0.912. The highest BCUT2D eigenvalue weighted by atomic mass is 16.6. The molecule has 2 aliphatic heterocycles. The van der Waals surface area contributed by atoms with Crippen LogP contribution in [0.2, 0.25) is 0 Å². The van der Waals surface area contributed by atoms with Crippen LogP contribution in [0.3, 0.4) is 0 Å². The first kappa shape index (κ1) is 10.4. The van der Waals surface area contributed by atoms with Gasteiger partial charge in [-0.1, -0.05) is 0 Å². The minimum Gasteiger partial charge on any atom is -0.382 e. The molecule has 0 amide bonds. The average molecular weight is 200 g/mol. The van der Waals surface area contributed by atoms with E-state index in [9.17, 15) is 0 Å². The molecule has 0 aromatic rings. The van der Waals surface area contributed by atoms with Crippen LogP contribution >= 0.6 is 0 Å². The van der Waals surface area contributed by atoms with Crippen molar-refractivity contribution >= 4 is 7.85 Å². The van der Waals surface area contributed by atoms with Crippen LogP contribution in [0.5, 0.6) is 0 Å². The predicted molar refractivity (Wildman–Crippen MR) is 53.2 cm³/mol. The van der Waals surface area contributed by atoms with Gasteiger partial charge >= 0.3 is 0 Å². The van der Waals surface area contributed by atoms with Gasteiger partial charge in [0.1, 0.15) is 25.7 Å². The third kappa shape index (κ3) is 1.39. The maximum atomic E-state index is 5.94. The molecule has 4 nitrogen and oxygen atoms in total. The van der Waals surface area contributed by atoms with Crippen molar-refractivity contribution in [2.45, 2.75) is 30.2 Å². The van der Waals surface area contributed by atoms with Crippen molar-refractivity contribution in [1.82, 2.24) is 0 Å². The minimum atomic E-state index is -0.286. The highest BCUT2D eigenvalue weighted by Gasteiger charge is 2.57. The molecule has 2 heterocycles. The highest BCUT2D eigenvalue weighted by Crippen LogP contribution is 2.40. The van der Waals surface area contributed by atoms with Crippen LogP contribution in [-0.2, 0) is 18.9 Å². The Morgan fingerprint density at radius 1 is 1.50 bits per heavy atom. The molecule has 0 N–H and O–H groups in total. The summed E-state index contributed by atoms with van der Waals surface area (Å²) >= 11 is 0. The van der Waals surface area contributed by atoms with Crippen LogP contribution in [-0.4, -0.2) is 59.1 Å². The Hall–Kier alpha value is -0.0951. The van der Waals surface area contributed by atoms with Gasteiger partial charge < -0.3 is 18.9 Å². The van der Waals surface area contributed by atoms with Crippen LogP contribution in [0.15, 0.2) is 0 Å². The first-order chi connectivity index (χ1) is 6.73. The molecule has 2 fully saturated rings. The third-order valence-corrected chi connectivity index (χ3v) is 3.18. The van der Waals surface area contributed by atoms with Crippen LogP contribution in [0.4, 0.5) is 0 Å². The van der Waals surface area contributed by atoms with Crippen LogP contribution in [0.1, 0.15) is 6.42 Å². The van der Waals surface area contributed by atoms with Gasteiger partial charge in [-0.25, -0.2) is 0 Å². The number of ether oxygens (including phenoxy) is 4. The van der Waals surface area contributed by atoms with E-state index < -0.39 is 0 Å². The molecule has 0 aromatic carbocycles. The molecule has 80 valence electrons. The fourth-order valence-electron chi connectivity index (χ4n) is 2.62. The lowest BCUT2D eigenvalue weighted by molar-refractivity contribution is -0.155. The summed E-state index contributed by atoms with van der Waals surface area (Å²) in [6.45, 7) is 1.31. The highest BCUT2D eigenvalue weighted by molar-refractivity contribution is 6.11. The molecule has 0 radical (unpaired) electrons. The maximum absolute atomic E-state index is 5.94. The Morgan fingerprint density at radius 2 is 2.29 bits per heavy atom. The molecule has 2 rings (SSSR count). The molecule has 14 heavy (non-hydrogen) atoms. The smallest absolute Gasteiger partial charge is 0.142 e. The summed E-state index contributed by atoms with van der Waals surface area (Å²) in [5, 5.41) is 0. The molecule has 2 aliphatic rings. The second kappa shape index (κ2) is 3.81. The Morgan fingerprint density at radius 3 is 2.93 bits per heavy atom. The van der Waals surface area contributed by atoms with Crippen LogP contribution in [0, 0.1) is 0 Å². The first-order valence-corrected chi connectivity index (χ1v) is 5.04. The first-order valence-electron chi connectivity index (χ1n) is 5.04. The number of hydrogen-bond donors (Lipinski definition) is 0. The van der Waals surface area contributed by atoms with Crippen molar-refractivity contribution in [3.8, 4) is 0 Å². The molecular weight excluding hydrogens is 183 g/mol. The fourth-order valence-corrected chi connectivity index (χ4v) is 2.62. The van der Waals surface area contributed by atoms with E-state index in [2.05, 4.69) is 0 Å². The zero-order valence-corrected chi connectivity index (χ0v) is 8.99. The topological polar surface area (TPSA) is 36.9 Å². The van der Waals surface area contributed by atoms with E-state index in [0.717, 1.165) is 13.0 Å². The molecule has 2 saturated heterocycles. The van der Waals surface area contributed by atoms with Crippen molar-refractivity contribution in [1.29, 1.82) is 0 Å². The van der Waals surface area contributed by atoms with E-state index in [1.54, 1.807) is 14.2 Å². The van der Waals surface area contributed by atoms with Gasteiger partial charge in [0.05, 0.1) is 19.2 Å².